The number of benzene rings is 1. The molecule has 0 radical (unpaired) electrons. The maximum absolute atomic E-state index is 12.7. The zero-order valence-electron chi connectivity index (χ0n) is 12.4. The topological polar surface area (TPSA) is 73.2 Å². The summed E-state index contributed by atoms with van der Waals surface area (Å²) in [5.41, 5.74) is -0.555. The molecule has 23 heavy (non-hydrogen) atoms. The van der Waals surface area contributed by atoms with E-state index >= 15 is 0 Å². The average molecular weight is 347 g/mol. The number of nitriles is 1. The minimum Gasteiger partial charge on any atom is -0.369 e. The predicted molar refractivity (Wildman–Crippen MR) is 79.4 cm³/mol. The largest absolute Gasteiger partial charge is 0.416 e. The summed E-state index contributed by atoms with van der Waals surface area (Å²) in [4.78, 5) is 1.74. The molecule has 0 spiro atoms. The van der Waals surface area contributed by atoms with Crippen LogP contribution in [0.1, 0.15) is 24.0 Å². The Kier molecular flexibility index (Phi) is 4.87. The highest BCUT2D eigenvalue weighted by molar-refractivity contribution is 7.88. The van der Waals surface area contributed by atoms with E-state index in [4.69, 9.17) is 5.26 Å². The van der Waals surface area contributed by atoms with E-state index in [-0.39, 0.29) is 11.6 Å². The van der Waals surface area contributed by atoms with E-state index in [1.54, 1.807) is 11.0 Å². The first-order valence-electron chi connectivity index (χ1n) is 6.94. The molecule has 0 saturated carbocycles. The maximum atomic E-state index is 12.7. The van der Waals surface area contributed by atoms with Gasteiger partial charge in [0.1, 0.15) is 6.07 Å². The van der Waals surface area contributed by atoms with Crippen LogP contribution in [0.15, 0.2) is 18.2 Å². The van der Waals surface area contributed by atoms with E-state index in [1.165, 1.54) is 6.07 Å². The van der Waals surface area contributed by atoms with Gasteiger partial charge in [0.15, 0.2) is 0 Å². The molecule has 0 bridgehead atoms. The van der Waals surface area contributed by atoms with Gasteiger partial charge in [-0.2, -0.15) is 18.4 Å². The molecule has 1 aromatic carbocycles. The molecule has 0 unspecified atom stereocenters. The van der Waals surface area contributed by atoms with Gasteiger partial charge in [0, 0.05) is 19.1 Å². The molecule has 2 rings (SSSR count). The molecule has 9 heteroatoms. The Morgan fingerprint density at radius 1 is 1.39 bits per heavy atom. The number of alkyl halides is 3. The van der Waals surface area contributed by atoms with Gasteiger partial charge in [0.25, 0.3) is 0 Å². The summed E-state index contributed by atoms with van der Waals surface area (Å²) in [7, 11) is -3.36. The molecule has 1 heterocycles. The highest BCUT2D eigenvalue weighted by atomic mass is 32.2. The van der Waals surface area contributed by atoms with Crippen LogP contribution in [0.4, 0.5) is 18.9 Å². The number of anilines is 1. The molecule has 0 aliphatic carbocycles. The Morgan fingerprint density at radius 3 is 2.65 bits per heavy atom. The highest BCUT2D eigenvalue weighted by Gasteiger charge is 2.32. The smallest absolute Gasteiger partial charge is 0.369 e. The number of hydrogen-bond donors (Lipinski definition) is 1. The van der Waals surface area contributed by atoms with Crippen LogP contribution < -0.4 is 9.62 Å². The van der Waals surface area contributed by atoms with Crippen LogP contribution in [0.3, 0.4) is 0 Å². The minimum atomic E-state index is -4.51. The predicted octanol–water partition coefficient (Wildman–Crippen LogP) is 2.10. The van der Waals surface area contributed by atoms with Crippen molar-refractivity contribution in [1.29, 1.82) is 5.26 Å². The number of rotatable bonds is 3. The van der Waals surface area contributed by atoms with Crippen molar-refractivity contribution in [2.45, 2.75) is 25.1 Å². The summed E-state index contributed by atoms with van der Waals surface area (Å²) in [6.07, 6.45) is -2.12. The van der Waals surface area contributed by atoms with Gasteiger partial charge in [0.2, 0.25) is 10.0 Å². The number of sulfonamides is 1. The lowest BCUT2D eigenvalue weighted by molar-refractivity contribution is -0.137. The van der Waals surface area contributed by atoms with E-state index in [2.05, 4.69) is 4.72 Å². The number of nitrogens with zero attached hydrogens (tertiary/aromatic N) is 2. The third kappa shape index (κ3) is 4.59. The summed E-state index contributed by atoms with van der Waals surface area (Å²) in [6, 6.07) is 4.49. The number of hydrogen-bond acceptors (Lipinski definition) is 4. The third-order valence-electron chi connectivity index (χ3n) is 3.59. The van der Waals surface area contributed by atoms with Gasteiger partial charge in [-0.05, 0) is 31.0 Å². The van der Waals surface area contributed by atoms with Crippen LogP contribution in [-0.4, -0.2) is 33.8 Å². The van der Waals surface area contributed by atoms with Crippen molar-refractivity contribution in [2.75, 3.05) is 24.2 Å². The molecule has 1 aliphatic heterocycles. The van der Waals surface area contributed by atoms with Gasteiger partial charge in [0.05, 0.1) is 23.1 Å². The standard InChI is InChI=1S/C14H16F3N3O2S/c1-23(21,22)19-12-3-2-6-20(9-12)13-5-4-11(14(15,16)17)7-10(13)8-18/h4-5,7,12,19H,2-3,6,9H2,1H3/t12-/m0/s1. The van der Waals surface area contributed by atoms with Crippen LogP contribution in [0.25, 0.3) is 0 Å². The van der Waals surface area contributed by atoms with Gasteiger partial charge in [-0.15, -0.1) is 0 Å². The molecule has 5 nitrogen and oxygen atoms in total. The van der Waals surface area contributed by atoms with Crippen LogP contribution in [0.5, 0.6) is 0 Å². The highest BCUT2D eigenvalue weighted by Crippen LogP contribution is 2.33. The average Bonchev–Trinajstić information content (AvgIpc) is 2.44. The Balaban J connectivity index is 2.26. The van der Waals surface area contributed by atoms with Crippen molar-refractivity contribution in [3.63, 3.8) is 0 Å². The number of halogens is 3. The van der Waals surface area contributed by atoms with Gasteiger partial charge in [-0.25, -0.2) is 13.1 Å². The molecule has 1 aliphatic rings. The first kappa shape index (κ1) is 17.6. The first-order chi connectivity index (χ1) is 10.6. The molecule has 0 aromatic heterocycles. The van der Waals surface area contributed by atoms with Gasteiger partial charge < -0.3 is 4.90 Å². The lowest BCUT2D eigenvalue weighted by Gasteiger charge is -2.35. The van der Waals surface area contributed by atoms with Crippen LogP contribution in [0.2, 0.25) is 0 Å². The zero-order chi connectivity index (χ0) is 17.3. The number of piperidine rings is 1. The monoisotopic (exact) mass is 347 g/mol. The van der Waals surface area contributed by atoms with E-state index in [9.17, 15) is 21.6 Å². The normalized spacial score (nSPS) is 19.4. The molecule has 1 aromatic rings. The minimum absolute atomic E-state index is 0.0696. The molecule has 1 N–H and O–H groups in total. The van der Waals surface area contributed by atoms with Crippen LogP contribution >= 0.6 is 0 Å². The molecule has 0 amide bonds. The summed E-state index contributed by atoms with van der Waals surface area (Å²) >= 11 is 0. The lowest BCUT2D eigenvalue weighted by Crippen LogP contribution is -2.47. The molecular weight excluding hydrogens is 331 g/mol. The van der Waals surface area contributed by atoms with Crippen LogP contribution in [0, 0.1) is 11.3 Å². The molecule has 1 fully saturated rings. The zero-order valence-corrected chi connectivity index (χ0v) is 13.2. The summed E-state index contributed by atoms with van der Waals surface area (Å²) in [5.74, 6) is 0. The Labute approximate surface area is 132 Å². The van der Waals surface area contributed by atoms with E-state index in [1.807, 2.05) is 0 Å². The fraction of sp³-hybridized carbons (Fsp3) is 0.500. The molecule has 1 saturated heterocycles. The van der Waals surface area contributed by atoms with Crippen molar-refractivity contribution in [2.24, 2.45) is 0 Å². The maximum Gasteiger partial charge on any atom is 0.416 e. The number of nitrogens with one attached hydrogen (secondary N) is 1. The second-order valence-corrected chi connectivity index (χ2v) is 7.30. The second-order valence-electron chi connectivity index (χ2n) is 5.52. The second kappa shape index (κ2) is 6.37. The fourth-order valence-electron chi connectivity index (χ4n) is 2.67. The Bertz CT molecular complexity index is 726. The van der Waals surface area contributed by atoms with Crippen LogP contribution in [-0.2, 0) is 16.2 Å². The lowest BCUT2D eigenvalue weighted by atomic mass is 10.0. The quantitative estimate of drug-likeness (QED) is 0.909. The van der Waals surface area contributed by atoms with Gasteiger partial charge in [-0.1, -0.05) is 0 Å². The van der Waals surface area contributed by atoms with Crippen molar-refractivity contribution >= 4 is 15.7 Å². The summed E-state index contributed by atoms with van der Waals surface area (Å²) in [5, 5.41) is 9.14. The molecule has 1 atom stereocenters. The fourth-order valence-corrected chi connectivity index (χ4v) is 3.47. The van der Waals surface area contributed by atoms with Crippen molar-refractivity contribution in [1.82, 2.24) is 4.72 Å². The molecule has 126 valence electrons. The third-order valence-corrected chi connectivity index (χ3v) is 4.35. The summed E-state index contributed by atoms with van der Waals surface area (Å²) < 4.78 is 63.3. The Morgan fingerprint density at radius 2 is 2.09 bits per heavy atom. The van der Waals surface area contributed by atoms with E-state index in [0.717, 1.165) is 18.4 Å². The van der Waals surface area contributed by atoms with Crippen molar-refractivity contribution in [3.8, 4) is 6.07 Å². The first-order valence-corrected chi connectivity index (χ1v) is 8.83. The molecular formula is C14H16F3N3O2S. The SMILES string of the molecule is CS(=O)(=O)N[C@H]1CCCN(c2ccc(C(F)(F)F)cc2C#N)C1. The van der Waals surface area contributed by atoms with Gasteiger partial charge in [-0.3, -0.25) is 0 Å². The van der Waals surface area contributed by atoms with E-state index in [0.29, 0.717) is 31.6 Å². The Hall–Kier alpha value is -1.79. The van der Waals surface area contributed by atoms with Gasteiger partial charge >= 0.3 is 6.18 Å². The van der Waals surface area contributed by atoms with Crippen molar-refractivity contribution < 1.29 is 21.6 Å². The van der Waals surface area contributed by atoms with Crippen molar-refractivity contribution in [3.05, 3.63) is 29.3 Å². The van der Waals surface area contributed by atoms with E-state index < -0.39 is 21.8 Å². The summed E-state index contributed by atoms with van der Waals surface area (Å²) in [6.45, 7) is 0.870.